The van der Waals surface area contributed by atoms with Crippen LogP contribution >= 0.6 is 0 Å². The summed E-state index contributed by atoms with van der Waals surface area (Å²) < 4.78 is 0. The van der Waals surface area contributed by atoms with Crippen LogP contribution in [0, 0.1) is 0 Å². The summed E-state index contributed by atoms with van der Waals surface area (Å²) >= 11 is 0. The molecule has 1 amide bonds. The predicted molar refractivity (Wildman–Crippen MR) is 62.0 cm³/mol. The van der Waals surface area contributed by atoms with Crippen molar-refractivity contribution in [3.63, 3.8) is 0 Å². The Kier molecular flexibility index (Phi) is 6.92. The van der Waals surface area contributed by atoms with E-state index in [-0.39, 0.29) is 11.7 Å². The van der Waals surface area contributed by atoms with E-state index in [2.05, 4.69) is 16.9 Å². The number of nitrogens with zero attached hydrogens (tertiary/aromatic N) is 1. The average molecular weight is 210 g/mol. The van der Waals surface area contributed by atoms with E-state index in [9.17, 15) is 4.79 Å². The number of nitrogens with two attached hydrogens (primary N) is 2. The van der Waals surface area contributed by atoms with E-state index in [0.29, 0.717) is 25.1 Å². The summed E-state index contributed by atoms with van der Waals surface area (Å²) in [6.45, 7) is 5.68. The van der Waals surface area contributed by atoms with Crippen LogP contribution in [0.2, 0.25) is 0 Å². The van der Waals surface area contributed by atoms with Gasteiger partial charge in [-0.3, -0.25) is 4.79 Å². The molecular weight excluding hydrogens is 192 g/mol. The van der Waals surface area contributed by atoms with Crippen molar-refractivity contribution in [1.29, 1.82) is 0 Å². The maximum absolute atomic E-state index is 11.3. The van der Waals surface area contributed by atoms with Crippen molar-refractivity contribution in [1.82, 2.24) is 5.32 Å². The zero-order chi connectivity index (χ0) is 11.7. The van der Waals surface area contributed by atoms with Crippen molar-refractivity contribution in [3.8, 4) is 0 Å². The molecule has 5 N–H and O–H groups in total. The van der Waals surface area contributed by atoms with Crippen molar-refractivity contribution < 1.29 is 4.79 Å². The van der Waals surface area contributed by atoms with E-state index >= 15 is 0 Å². The van der Waals surface area contributed by atoms with Gasteiger partial charge in [0.25, 0.3) is 0 Å². The molecule has 0 rings (SSSR count). The van der Waals surface area contributed by atoms with Gasteiger partial charge in [-0.2, -0.15) is 0 Å². The summed E-state index contributed by atoms with van der Waals surface area (Å²) in [6.07, 6.45) is 4.05. The van der Waals surface area contributed by atoms with Gasteiger partial charge >= 0.3 is 0 Å². The fourth-order valence-corrected chi connectivity index (χ4v) is 0.927. The number of hydrogen-bond acceptors (Lipinski definition) is 3. The lowest BCUT2D eigenvalue weighted by atomic mass is 10.3. The summed E-state index contributed by atoms with van der Waals surface area (Å²) in [5.41, 5.74) is 11.4. The Morgan fingerprint density at radius 1 is 1.60 bits per heavy atom. The van der Waals surface area contributed by atoms with Gasteiger partial charge in [0, 0.05) is 12.6 Å². The highest BCUT2D eigenvalue weighted by molar-refractivity contribution is 6.00. The first-order chi connectivity index (χ1) is 7.15. The van der Waals surface area contributed by atoms with E-state index in [1.807, 2.05) is 0 Å². The Balaban J connectivity index is 4.29. The summed E-state index contributed by atoms with van der Waals surface area (Å²) in [5.74, 6) is 0.129. The normalized spacial score (nSPS) is 12.4. The van der Waals surface area contributed by atoms with Crippen LogP contribution in [0.25, 0.3) is 0 Å². The van der Waals surface area contributed by atoms with Crippen LogP contribution in [0.5, 0.6) is 0 Å². The van der Waals surface area contributed by atoms with Crippen LogP contribution in [-0.2, 0) is 4.79 Å². The molecule has 0 aliphatic rings. The lowest BCUT2D eigenvalue weighted by Gasteiger charge is -2.07. The second kappa shape index (κ2) is 7.75. The van der Waals surface area contributed by atoms with Crippen LogP contribution in [-0.4, -0.2) is 18.3 Å². The summed E-state index contributed by atoms with van der Waals surface area (Å²) in [6, 6.07) is 0. The van der Waals surface area contributed by atoms with Gasteiger partial charge in [-0.05, 0) is 19.9 Å². The highest BCUT2D eigenvalue weighted by atomic mass is 16.1. The number of amidine groups is 1. The van der Waals surface area contributed by atoms with E-state index in [0.717, 1.165) is 0 Å². The molecule has 0 fully saturated rings. The number of nitrogens with one attached hydrogen (secondary N) is 1. The standard InChI is InChI=1S/C10H18N4O/c1-3-8(10(12)13-4-2)14-9(15)6-5-7-11/h3-4H,2,5-7,11H2,1H3,(H2,12,13)(H,14,15)/b8-3+. The molecule has 0 bridgehead atoms. The van der Waals surface area contributed by atoms with Crippen LogP contribution in [0.15, 0.2) is 29.5 Å². The molecule has 15 heavy (non-hydrogen) atoms. The third kappa shape index (κ3) is 5.64. The Morgan fingerprint density at radius 2 is 2.27 bits per heavy atom. The number of rotatable bonds is 6. The molecule has 0 radical (unpaired) electrons. The molecule has 0 aromatic rings. The van der Waals surface area contributed by atoms with Gasteiger partial charge in [0.05, 0.1) is 5.70 Å². The van der Waals surface area contributed by atoms with Crippen LogP contribution < -0.4 is 16.8 Å². The molecule has 0 aromatic heterocycles. The zero-order valence-electron chi connectivity index (χ0n) is 8.99. The quantitative estimate of drug-likeness (QED) is 0.433. The second-order valence-corrected chi connectivity index (χ2v) is 2.84. The van der Waals surface area contributed by atoms with E-state index in [1.165, 1.54) is 6.20 Å². The van der Waals surface area contributed by atoms with Gasteiger partial charge in [-0.15, -0.1) is 0 Å². The summed E-state index contributed by atoms with van der Waals surface area (Å²) in [7, 11) is 0. The number of carbonyl (C=O) groups excluding carboxylic acids is 1. The maximum atomic E-state index is 11.3. The molecule has 0 aliphatic heterocycles. The van der Waals surface area contributed by atoms with Crippen molar-refractivity contribution in [2.24, 2.45) is 16.5 Å². The minimum atomic E-state index is -0.115. The van der Waals surface area contributed by atoms with Crippen LogP contribution in [0.3, 0.4) is 0 Å². The summed E-state index contributed by atoms with van der Waals surface area (Å²) in [5, 5.41) is 2.65. The summed E-state index contributed by atoms with van der Waals surface area (Å²) in [4.78, 5) is 15.1. The van der Waals surface area contributed by atoms with E-state index < -0.39 is 0 Å². The van der Waals surface area contributed by atoms with Crippen molar-refractivity contribution in [2.75, 3.05) is 6.54 Å². The molecule has 0 aliphatic carbocycles. The van der Waals surface area contributed by atoms with Crippen molar-refractivity contribution >= 4 is 11.7 Å². The van der Waals surface area contributed by atoms with Gasteiger partial charge < -0.3 is 16.8 Å². The topological polar surface area (TPSA) is 93.5 Å². The van der Waals surface area contributed by atoms with Crippen molar-refractivity contribution in [3.05, 3.63) is 24.6 Å². The minimum Gasteiger partial charge on any atom is -0.382 e. The van der Waals surface area contributed by atoms with Gasteiger partial charge in [-0.25, -0.2) is 4.99 Å². The minimum absolute atomic E-state index is 0.115. The Hall–Kier alpha value is -1.62. The van der Waals surface area contributed by atoms with Crippen LogP contribution in [0.1, 0.15) is 19.8 Å². The maximum Gasteiger partial charge on any atom is 0.224 e. The Bertz CT molecular complexity index is 281. The molecule has 0 aromatic carbocycles. The Morgan fingerprint density at radius 3 is 2.73 bits per heavy atom. The molecule has 0 saturated heterocycles. The number of hydrogen-bond donors (Lipinski definition) is 3. The molecule has 0 unspecified atom stereocenters. The molecule has 5 heteroatoms. The molecule has 0 saturated carbocycles. The van der Waals surface area contributed by atoms with Gasteiger partial charge in [0.2, 0.25) is 5.91 Å². The highest BCUT2D eigenvalue weighted by Crippen LogP contribution is 1.93. The SMILES string of the molecule is C=CN=C(N)/C(=C\C)NC(=O)CCCN. The third-order valence-corrected chi connectivity index (χ3v) is 1.68. The molecule has 0 heterocycles. The van der Waals surface area contributed by atoms with Crippen molar-refractivity contribution in [2.45, 2.75) is 19.8 Å². The first kappa shape index (κ1) is 13.4. The molecule has 0 atom stereocenters. The lowest BCUT2D eigenvalue weighted by molar-refractivity contribution is -0.120. The monoisotopic (exact) mass is 210 g/mol. The average Bonchev–Trinajstić information content (AvgIpc) is 2.23. The fourth-order valence-electron chi connectivity index (χ4n) is 0.927. The molecule has 5 nitrogen and oxygen atoms in total. The third-order valence-electron chi connectivity index (χ3n) is 1.68. The highest BCUT2D eigenvalue weighted by Gasteiger charge is 2.05. The first-order valence-corrected chi connectivity index (χ1v) is 4.76. The molecule has 0 spiro atoms. The predicted octanol–water partition coefficient (Wildman–Crippen LogP) is 0.246. The number of aliphatic imine (C=N–C) groups is 1. The van der Waals surface area contributed by atoms with Gasteiger partial charge in [0.1, 0.15) is 5.84 Å². The molecule has 84 valence electrons. The van der Waals surface area contributed by atoms with E-state index in [1.54, 1.807) is 13.0 Å². The lowest BCUT2D eigenvalue weighted by Crippen LogP contribution is -2.31. The molecular formula is C10H18N4O. The Labute approximate surface area is 89.9 Å². The van der Waals surface area contributed by atoms with E-state index in [4.69, 9.17) is 11.5 Å². The largest absolute Gasteiger partial charge is 0.382 e. The first-order valence-electron chi connectivity index (χ1n) is 4.76. The zero-order valence-corrected chi connectivity index (χ0v) is 8.99. The van der Waals surface area contributed by atoms with Gasteiger partial charge in [-0.1, -0.05) is 12.7 Å². The number of amides is 1. The van der Waals surface area contributed by atoms with Gasteiger partial charge in [0.15, 0.2) is 0 Å². The number of carbonyl (C=O) groups is 1. The fraction of sp³-hybridized carbons (Fsp3) is 0.400. The smallest absolute Gasteiger partial charge is 0.224 e. The second-order valence-electron chi connectivity index (χ2n) is 2.84. The number of allylic oxidation sites excluding steroid dienone is 1. The van der Waals surface area contributed by atoms with Crippen LogP contribution in [0.4, 0.5) is 0 Å².